The lowest BCUT2D eigenvalue weighted by molar-refractivity contribution is -0.109. The van der Waals surface area contributed by atoms with Crippen molar-refractivity contribution in [2.45, 2.75) is 6.42 Å². The first-order valence-electron chi connectivity index (χ1n) is 3.60. The first-order valence-corrected chi connectivity index (χ1v) is 3.60. The molecule has 1 N–H and O–H groups in total. The molecule has 0 heterocycles. The number of nitrogens with one attached hydrogen (secondary N) is 1. The van der Waals surface area contributed by atoms with Crippen LogP contribution in [0.3, 0.4) is 0 Å². The Morgan fingerprint density at radius 3 is 2.83 bits per heavy atom. The van der Waals surface area contributed by atoms with Crippen LogP contribution in [0.2, 0.25) is 0 Å². The zero-order valence-electron chi connectivity index (χ0n) is 6.79. The SMILES string of the molecule is C=C/C=C(\C=C\F)CCNC=O. The number of halogens is 1. The molecule has 0 aromatic rings. The number of carbonyl (C=O) groups excluding carboxylic acids is 1. The number of rotatable bonds is 6. The Morgan fingerprint density at radius 1 is 1.58 bits per heavy atom. The molecule has 2 nitrogen and oxygen atoms in total. The number of carbonyl (C=O) groups is 1. The van der Waals surface area contributed by atoms with E-state index >= 15 is 0 Å². The molecule has 0 unspecified atom stereocenters. The normalized spacial score (nSPS) is 11.6. The molecule has 0 aromatic carbocycles. The van der Waals surface area contributed by atoms with Crippen molar-refractivity contribution in [2.24, 2.45) is 0 Å². The predicted octanol–water partition coefficient (Wildman–Crippen LogP) is 1.72. The fourth-order valence-corrected chi connectivity index (χ4v) is 0.730. The average molecular weight is 169 g/mol. The molecular weight excluding hydrogens is 157 g/mol. The van der Waals surface area contributed by atoms with Gasteiger partial charge in [0.25, 0.3) is 0 Å². The summed E-state index contributed by atoms with van der Waals surface area (Å²) in [7, 11) is 0. The van der Waals surface area contributed by atoms with E-state index in [9.17, 15) is 9.18 Å². The minimum Gasteiger partial charge on any atom is -0.358 e. The highest BCUT2D eigenvalue weighted by Gasteiger charge is 1.90. The smallest absolute Gasteiger partial charge is 0.207 e. The summed E-state index contributed by atoms with van der Waals surface area (Å²) in [5, 5.41) is 2.48. The number of allylic oxidation sites excluding steroid dienone is 3. The van der Waals surface area contributed by atoms with Gasteiger partial charge in [0.05, 0.1) is 6.33 Å². The quantitative estimate of drug-likeness (QED) is 0.366. The van der Waals surface area contributed by atoms with Gasteiger partial charge in [0.1, 0.15) is 0 Å². The third kappa shape index (κ3) is 5.41. The van der Waals surface area contributed by atoms with Gasteiger partial charge in [-0.15, -0.1) is 0 Å². The maximum absolute atomic E-state index is 11.7. The summed E-state index contributed by atoms with van der Waals surface area (Å²) in [5.74, 6) is 0. The van der Waals surface area contributed by atoms with Gasteiger partial charge in [-0.2, -0.15) is 0 Å². The van der Waals surface area contributed by atoms with Crippen molar-refractivity contribution in [3.63, 3.8) is 0 Å². The summed E-state index contributed by atoms with van der Waals surface area (Å²) in [6.07, 6.45) is 6.30. The van der Waals surface area contributed by atoms with E-state index in [4.69, 9.17) is 0 Å². The Labute approximate surface area is 71.5 Å². The number of hydrogen-bond acceptors (Lipinski definition) is 1. The zero-order chi connectivity index (χ0) is 9.23. The summed E-state index contributed by atoms with van der Waals surface area (Å²) in [6.45, 7) is 4.00. The molecule has 0 atom stereocenters. The van der Waals surface area contributed by atoms with Crippen LogP contribution in [0.15, 0.2) is 36.7 Å². The van der Waals surface area contributed by atoms with Crippen molar-refractivity contribution in [3.05, 3.63) is 36.7 Å². The maximum Gasteiger partial charge on any atom is 0.207 e. The van der Waals surface area contributed by atoms with E-state index in [1.54, 1.807) is 12.2 Å². The predicted molar refractivity (Wildman–Crippen MR) is 47.2 cm³/mol. The van der Waals surface area contributed by atoms with Gasteiger partial charge in [-0.1, -0.05) is 18.7 Å². The fraction of sp³-hybridized carbons (Fsp3) is 0.222. The van der Waals surface area contributed by atoms with Crippen molar-refractivity contribution in [2.75, 3.05) is 6.54 Å². The maximum atomic E-state index is 11.7. The average Bonchev–Trinajstić information content (AvgIpc) is 2.06. The van der Waals surface area contributed by atoms with Crippen LogP contribution in [0, 0.1) is 0 Å². The lowest BCUT2D eigenvalue weighted by Gasteiger charge is -1.98. The highest BCUT2D eigenvalue weighted by Crippen LogP contribution is 2.02. The third-order valence-corrected chi connectivity index (χ3v) is 1.25. The number of amides is 1. The lowest BCUT2D eigenvalue weighted by atomic mass is 10.2. The van der Waals surface area contributed by atoms with Gasteiger partial charge in [0.2, 0.25) is 6.41 Å². The van der Waals surface area contributed by atoms with Gasteiger partial charge in [-0.05, 0) is 18.1 Å². The van der Waals surface area contributed by atoms with Crippen LogP contribution in [0.4, 0.5) is 4.39 Å². The summed E-state index contributed by atoms with van der Waals surface area (Å²) in [6, 6.07) is 0. The van der Waals surface area contributed by atoms with Crippen molar-refractivity contribution >= 4 is 6.41 Å². The summed E-state index contributed by atoms with van der Waals surface area (Å²) in [4.78, 5) is 9.86. The van der Waals surface area contributed by atoms with Gasteiger partial charge in [0, 0.05) is 6.54 Å². The molecule has 0 aliphatic rings. The van der Waals surface area contributed by atoms with E-state index in [-0.39, 0.29) is 0 Å². The van der Waals surface area contributed by atoms with E-state index in [1.807, 2.05) is 0 Å². The molecule has 0 aliphatic heterocycles. The van der Waals surface area contributed by atoms with Crippen molar-refractivity contribution in [1.82, 2.24) is 5.32 Å². The van der Waals surface area contributed by atoms with Crippen LogP contribution < -0.4 is 5.32 Å². The molecule has 0 saturated heterocycles. The first-order chi connectivity index (χ1) is 5.85. The molecular formula is C9H12FNO. The van der Waals surface area contributed by atoms with Crippen LogP contribution in [0.25, 0.3) is 0 Å². The Hall–Kier alpha value is -1.38. The Kier molecular flexibility index (Phi) is 6.84. The highest BCUT2D eigenvalue weighted by molar-refractivity contribution is 5.45. The minimum absolute atomic E-state index is 0.468. The van der Waals surface area contributed by atoms with Crippen molar-refractivity contribution < 1.29 is 9.18 Å². The van der Waals surface area contributed by atoms with Crippen LogP contribution in [0.5, 0.6) is 0 Å². The minimum atomic E-state index is 0.468. The Balaban J connectivity index is 3.87. The molecule has 66 valence electrons. The molecule has 0 saturated carbocycles. The standard InChI is InChI=1S/C9H12FNO/c1-2-3-9(4-6-10)5-7-11-8-12/h2-4,6,8H,1,5,7H2,(H,11,12)/b6-4+,9-3+. The highest BCUT2D eigenvalue weighted by atomic mass is 19.1. The van der Waals surface area contributed by atoms with E-state index in [0.717, 1.165) is 5.57 Å². The molecule has 1 amide bonds. The van der Waals surface area contributed by atoms with E-state index in [1.165, 1.54) is 6.08 Å². The van der Waals surface area contributed by atoms with E-state index in [0.29, 0.717) is 25.7 Å². The van der Waals surface area contributed by atoms with Crippen LogP contribution in [-0.2, 0) is 4.79 Å². The lowest BCUT2D eigenvalue weighted by Crippen LogP contribution is -2.12. The van der Waals surface area contributed by atoms with Crippen LogP contribution in [0.1, 0.15) is 6.42 Å². The second kappa shape index (κ2) is 7.72. The molecule has 3 heteroatoms. The van der Waals surface area contributed by atoms with Gasteiger partial charge in [-0.25, -0.2) is 4.39 Å². The second-order valence-corrected chi connectivity index (χ2v) is 2.09. The molecule has 0 aliphatic carbocycles. The largest absolute Gasteiger partial charge is 0.358 e. The molecule has 0 aromatic heterocycles. The van der Waals surface area contributed by atoms with Gasteiger partial charge < -0.3 is 5.32 Å². The van der Waals surface area contributed by atoms with Gasteiger partial charge >= 0.3 is 0 Å². The van der Waals surface area contributed by atoms with E-state index < -0.39 is 0 Å². The van der Waals surface area contributed by atoms with Crippen molar-refractivity contribution in [1.29, 1.82) is 0 Å². The van der Waals surface area contributed by atoms with Crippen LogP contribution >= 0.6 is 0 Å². The molecule has 0 rings (SSSR count). The number of hydrogen-bond donors (Lipinski definition) is 1. The van der Waals surface area contributed by atoms with Gasteiger partial charge in [-0.3, -0.25) is 4.79 Å². The summed E-state index contributed by atoms with van der Waals surface area (Å²) in [5.41, 5.74) is 0.793. The monoisotopic (exact) mass is 169 g/mol. The molecule has 0 bridgehead atoms. The topological polar surface area (TPSA) is 29.1 Å². The Bertz CT molecular complexity index is 197. The first kappa shape index (κ1) is 10.6. The van der Waals surface area contributed by atoms with Gasteiger partial charge in [0.15, 0.2) is 0 Å². The molecule has 0 radical (unpaired) electrons. The zero-order valence-corrected chi connectivity index (χ0v) is 6.79. The second-order valence-electron chi connectivity index (χ2n) is 2.09. The molecule has 0 spiro atoms. The molecule has 12 heavy (non-hydrogen) atoms. The Morgan fingerprint density at radius 2 is 2.33 bits per heavy atom. The van der Waals surface area contributed by atoms with Crippen molar-refractivity contribution in [3.8, 4) is 0 Å². The summed E-state index contributed by atoms with van der Waals surface area (Å²) < 4.78 is 11.7. The fourth-order valence-electron chi connectivity index (χ4n) is 0.730. The summed E-state index contributed by atoms with van der Waals surface area (Å²) >= 11 is 0. The van der Waals surface area contributed by atoms with E-state index in [2.05, 4.69) is 11.9 Å². The van der Waals surface area contributed by atoms with Crippen LogP contribution in [-0.4, -0.2) is 13.0 Å². The third-order valence-electron chi connectivity index (χ3n) is 1.25. The molecule has 0 fully saturated rings.